The van der Waals surface area contributed by atoms with Crippen molar-refractivity contribution in [2.45, 2.75) is 19.3 Å². The van der Waals surface area contributed by atoms with Gasteiger partial charge in [0.05, 0.1) is 33.4 Å². The zero-order valence-corrected chi connectivity index (χ0v) is 8.92. The minimum atomic E-state index is 0.708. The van der Waals surface area contributed by atoms with Gasteiger partial charge in [-0.3, -0.25) is 0 Å². The topological polar surface area (TPSA) is 18.5 Å². The highest BCUT2D eigenvalue weighted by atomic mass is 16.5. The van der Waals surface area contributed by atoms with Crippen LogP contribution in [0.1, 0.15) is 19.3 Å². The maximum atomic E-state index is 5.56. The van der Waals surface area contributed by atoms with Gasteiger partial charge >= 0.3 is 0 Å². The minimum Gasteiger partial charge on any atom is -0.382 e. The molecule has 3 heteroatoms. The Morgan fingerprint density at radius 1 is 1.08 bits per heavy atom. The van der Waals surface area contributed by atoms with Crippen molar-refractivity contribution in [1.82, 2.24) is 0 Å². The number of hydrogen-bond acceptors (Lipinski definition) is 2. The van der Waals surface area contributed by atoms with Gasteiger partial charge in [0.2, 0.25) is 0 Å². The Morgan fingerprint density at radius 3 is 2.38 bits per heavy atom. The van der Waals surface area contributed by atoms with Gasteiger partial charge in [-0.2, -0.15) is 0 Å². The maximum absolute atomic E-state index is 5.56. The standard InChI is InChI=1S/C10H22NO2/c1-11(6-4-3-5-7-11)10-13-9-8-12-2/h3-10H2,1-2H3/q+1. The quantitative estimate of drug-likeness (QED) is 0.477. The first-order valence-electron chi connectivity index (χ1n) is 5.17. The molecule has 0 atom stereocenters. The van der Waals surface area contributed by atoms with Gasteiger partial charge in [0.25, 0.3) is 0 Å². The smallest absolute Gasteiger partial charge is 0.183 e. The molecular formula is C10H22NO2+. The summed E-state index contributed by atoms with van der Waals surface area (Å²) in [5.74, 6) is 0. The zero-order valence-electron chi connectivity index (χ0n) is 8.92. The third-order valence-corrected chi connectivity index (χ3v) is 2.73. The monoisotopic (exact) mass is 188 g/mol. The van der Waals surface area contributed by atoms with E-state index >= 15 is 0 Å². The van der Waals surface area contributed by atoms with Crippen molar-refractivity contribution in [3.63, 3.8) is 0 Å². The molecule has 0 bridgehead atoms. The minimum absolute atomic E-state index is 0.708. The lowest BCUT2D eigenvalue weighted by Gasteiger charge is -2.37. The van der Waals surface area contributed by atoms with Gasteiger partial charge in [0.15, 0.2) is 6.73 Å². The molecule has 1 rings (SSSR count). The van der Waals surface area contributed by atoms with Crippen LogP contribution in [0, 0.1) is 0 Å². The van der Waals surface area contributed by atoms with Crippen LogP contribution in [0.3, 0.4) is 0 Å². The van der Waals surface area contributed by atoms with Gasteiger partial charge in [-0.15, -0.1) is 0 Å². The molecule has 0 saturated carbocycles. The Kier molecular flexibility index (Phi) is 4.70. The maximum Gasteiger partial charge on any atom is 0.183 e. The molecule has 0 radical (unpaired) electrons. The molecule has 1 aliphatic heterocycles. The van der Waals surface area contributed by atoms with E-state index in [4.69, 9.17) is 9.47 Å². The molecule has 0 amide bonds. The first-order chi connectivity index (χ1) is 6.27. The number of nitrogens with zero attached hydrogens (tertiary/aromatic N) is 1. The van der Waals surface area contributed by atoms with Crippen molar-refractivity contribution in [2.75, 3.05) is 47.2 Å². The average Bonchev–Trinajstić information content (AvgIpc) is 2.14. The number of piperidine rings is 1. The molecule has 0 unspecified atom stereocenters. The number of likely N-dealkylation sites (tertiary alicyclic amines) is 1. The van der Waals surface area contributed by atoms with Crippen molar-refractivity contribution in [3.05, 3.63) is 0 Å². The Morgan fingerprint density at radius 2 is 1.77 bits per heavy atom. The lowest BCUT2D eigenvalue weighted by molar-refractivity contribution is -0.932. The van der Waals surface area contributed by atoms with E-state index in [2.05, 4.69) is 7.05 Å². The van der Waals surface area contributed by atoms with Crippen molar-refractivity contribution in [2.24, 2.45) is 0 Å². The predicted molar refractivity (Wildman–Crippen MR) is 52.5 cm³/mol. The van der Waals surface area contributed by atoms with E-state index < -0.39 is 0 Å². The molecule has 1 saturated heterocycles. The molecule has 0 spiro atoms. The van der Waals surface area contributed by atoms with Crippen molar-refractivity contribution in [3.8, 4) is 0 Å². The fourth-order valence-corrected chi connectivity index (χ4v) is 1.83. The number of rotatable bonds is 5. The van der Waals surface area contributed by atoms with E-state index in [1.54, 1.807) is 7.11 Å². The SMILES string of the molecule is COCCOC[N+]1(C)CCCCC1. The molecule has 0 aromatic heterocycles. The lowest BCUT2D eigenvalue weighted by Crippen LogP contribution is -2.49. The third kappa shape index (κ3) is 4.07. The highest BCUT2D eigenvalue weighted by Crippen LogP contribution is 2.15. The van der Waals surface area contributed by atoms with Gasteiger partial charge in [-0.1, -0.05) is 0 Å². The largest absolute Gasteiger partial charge is 0.382 e. The van der Waals surface area contributed by atoms with E-state index in [1.165, 1.54) is 32.4 Å². The van der Waals surface area contributed by atoms with Crippen LogP contribution in [0.2, 0.25) is 0 Å². The summed E-state index contributed by atoms with van der Waals surface area (Å²) in [6.45, 7) is 4.83. The Balaban J connectivity index is 2.10. The second-order valence-corrected chi connectivity index (χ2v) is 4.16. The Labute approximate surface area is 81.2 Å². The highest BCUT2D eigenvalue weighted by molar-refractivity contribution is 4.49. The summed E-state index contributed by atoms with van der Waals surface area (Å²) >= 11 is 0. The van der Waals surface area contributed by atoms with Crippen LogP contribution >= 0.6 is 0 Å². The molecule has 0 aromatic carbocycles. The van der Waals surface area contributed by atoms with Crippen LogP contribution in [0.4, 0.5) is 0 Å². The van der Waals surface area contributed by atoms with Gasteiger partial charge in [-0.25, -0.2) is 0 Å². The van der Waals surface area contributed by atoms with Crippen LogP contribution in [0.15, 0.2) is 0 Å². The van der Waals surface area contributed by atoms with Gasteiger partial charge in [0, 0.05) is 7.11 Å². The molecule has 3 nitrogen and oxygen atoms in total. The first-order valence-corrected chi connectivity index (χ1v) is 5.17. The number of methoxy groups -OCH3 is 1. The molecule has 1 heterocycles. The van der Waals surface area contributed by atoms with Crippen molar-refractivity contribution >= 4 is 0 Å². The van der Waals surface area contributed by atoms with E-state index in [9.17, 15) is 0 Å². The second kappa shape index (κ2) is 5.58. The number of ether oxygens (including phenoxy) is 2. The highest BCUT2D eigenvalue weighted by Gasteiger charge is 2.24. The second-order valence-electron chi connectivity index (χ2n) is 4.16. The molecule has 0 aromatic rings. The van der Waals surface area contributed by atoms with Gasteiger partial charge in [0.1, 0.15) is 0 Å². The Hall–Kier alpha value is -0.120. The first kappa shape index (κ1) is 11.0. The summed E-state index contributed by atoms with van der Waals surface area (Å²) in [4.78, 5) is 0. The average molecular weight is 188 g/mol. The summed E-state index contributed by atoms with van der Waals surface area (Å²) in [6, 6.07) is 0. The summed E-state index contributed by atoms with van der Waals surface area (Å²) in [5, 5.41) is 0. The summed E-state index contributed by atoms with van der Waals surface area (Å²) < 4.78 is 11.6. The molecule has 78 valence electrons. The molecule has 0 aliphatic carbocycles. The summed E-state index contributed by atoms with van der Waals surface area (Å²) in [6.07, 6.45) is 4.10. The van der Waals surface area contributed by atoms with Crippen LogP contribution in [0.5, 0.6) is 0 Å². The third-order valence-electron chi connectivity index (χ3n) is 2.73. The predicted octanol–water partition coefficient (Wildman–Crippen LogP) is 1.24. The zero-order chi connectivity index (χ0) is 9.57. The molecule has 13 heavy (non-hydrogen) atoms. The Bertz CT molecular complexity index is 133. The van der Waals surface area contributed by atoms with Crippen molar-refractivity contribution < 1.29 is 14.0 Å². The van der Waals surface area contributed by atoms with Gasteiger partial charge < -0.3 is 14.0 Å². The van der Waals surface area contributed by atoms with E-state index in [1.807, 2.05) is 0 Å². The van der Waals surface area contributed by atoms with E-state index in [0.717, 1.165) is 17.8 Å². The fourth-order valence-electron chi connectivity index (χ4n) is 1.83. The summed E-state index contributed by atoms with van der Waals surface area (Å²) in [7, 11) is 3.99. The number of hydrogen-bond donors (Lipinski definition) is 0. The van der Waals surface area contributed by atoms with E-state index in [-0.39, 0.29) is 0 Å². The molecular weight excluding hydrogens is 166 g/mol. The molecule has 1 aliphatic rings. The van der Waals surface area contributed by atoms with Crippen LogP contribution in [0.25, 0.3) is 0 Å². The van der Waals surface area contributed by atoms with Gasteiger partial charge in [-0.05, 0) is 19.3 Å². The summed E-state index contributed by atoms with van der Waals surface area (Å²) in [5.41, 5.74) is 0. The molecule has 0 N–H and O–H groups in total. The van der Waals surface area contributed by atoms with Crippen LogP contribution in [-0.4, -0.2) is 51.7 Å². The van der Waals surface area contributed by atoms with E-state index in [0.29, 0.717) is 6.61 Å². The number of quaternary nitrogens is 1. The lowest BCUT2D eigenvalue weighted by atomic mass is 10.1. The van der Waals surface area contributed by atoms with Crippen molar-refractivity contribution in [1.29, 1.82) is 0 Å². The molecule has 1 fully saturated rings. The fraction of sp³-hybridized carbons (Fsp3) is 1.00. The normalized spacial score (nSPS) is 21.7. The van der Waals surface area contributed by atoms with Crippen LogP contribution < -0.4 is 0 Å². The van der Waals surface area contributed by atoms with Crippen LogP contribution in [-0.2, 0) is 9.47 Å².